The maximum absolute atomic E-state index is 13.9. The number of hydrogen-bond acceptors (Lipinski definition) is 7. The van der Waals surface area contributed by atoms with Crippen LogP contribution < -0.4 is 9.47 Å². The number of imide groups is 1. The molecule has 2 amide bonds. The molecule has 10 heteroatoms. The van der Waals surface area contributed by atoms with Crippen LogP contribution in [0.5, 0.6) is 11.5 Å². The lowest BCUT2D eigenvalue weighted by Gasteiger charge is -2.13. The molecular weight excluding hydrogens is 487 g/mol. The second-order valence-corrected chi connectivity index (χ2v) is 8.70. The Balaban J connectivity index is 1.49. The van der Waals surface area contributed by atoms with E-state index in [1.165, 1.54) is 30.3 Å². The third kappa shape index (κ3) is 5.72. The Morgan fingerprint density at radius 3 is 2.47 bits per heavy atom. The highest BCUT2D eigenvalue weighted by Gasteiger charge is 2.35. The van der Waals surface area contributed by atoms with E-state index in [0.29, 0.717) is 34.8 Å². The maximum atomic E-state index is 13.9. The number of carbonyl (C=O) groups is 2. The van der Waals surface area contributed by atoms with Crippen LogP contribution in [0.25, 0.3) is 6.08 Å². The van der Waals surface area contributed by atoms with Crippen molar-refractivity contribution in [2.75, 3.05) is 6.61 Å². The number of rotatable bonds is 9. The van der Waals surface area contributed by atoms with Gasteiger partial charge in [-0.15, -0.1) is 0 Å². The Morgan fingerprint density at radius 1 is 1.03 bits per heavy atom. The van der Waals surface area contributed by atoms with Crippen molar-refractivity contribution in [1.29, 1.82) is 0 Å². The van der Waals surface area contributed by atoms with E-state index in [9.17, 15) is 24.1 Å². The molecule has 0 aromatic heterocycles. The van der Waals surface area contributed by atoms with Crippen molar-refractivity contribution >= 4 is 34.7 Å². The van der Waals surface area contributed by atoms with Crippen LogP contribution in [0.1, 0.15) is 23.6 Å². The number of benzene rings is 3. The van der Waals surface area contributed by atoms with Gasteiger partial charge in [-0.1, -0.05) is 36.4 Å². The number of carbonyl (C=O) groups excluding carboxylic acids is 2. The van der Waals surface area contributed by atoms with Gasteiger partial charge in [0.1, 0.15) is 12.4 Å². The number of nitro groups is 1. The van der Waals surface area contributed by atoms with Crippen LogP contribution in [0.15, 0.2) is 71.6 Å². The molecule has 1 fully saturated rings. The Bertz CT molecular complexity index is 1340. The third-order valence-electron chi connectivity index (χ3n) is 5.27. The van der Waals surface area contributed by atoms with Crippen molar-refractivity contribution in [3.63, 3.8) is 0 Å². The van der Waals surface area contributed by atoms with Gasteiger partial charge in [-0.2, -0.15) is 0 Å². The highest BCUT2D eigenvalue weighted by Crippen LogP contribution is 2.35. The second-order valence-electron chi connectivity index (χ2n) is 7.71. The van der Waals surface area contributed by atoms with E-state index in [4.69, 9.17) is 9.47 Å². The molecule has 1 heterocycles. The normalized spacial score (nSPS) is 14.4. The number of ether oxygens (including phenoxy) is 2. The lowest BCUT2D eigenvalue weighted by Crippen LogP contribution is -2.27. The molecule has 0 atom stereocenters. The van der Waals surface area contributed by atoms with Gasteiger partial charge in [-0.05, 0) is 54.1 Å². The zero-order chi connectivity index (χ0) is 25.7. The van der Waals surface area contributed by atoms with Gasteiger partial charge in [0.2, 0.25) is 0 Å². The number of amides is 2. The Morgan fingerprint density at radius 2 is 1.78 bits per heavy atom. The first-order valence-electron chi connectivity index (χ1n) is 11.0. The zero-order valence-corrected chi connectivity index (χ0v) is 20.0. The molecule has 0 unspecified atom stereocenters. The highest BCUT2D eigenvalue weighted by molar-refractivity contribution is 8.18. The molecule has 0 bridgehead atoms. The van der Waals surface area contributed by atoms with Crippen LogP contribution in [0.3, 0.4) is 0 Å². The van der Waals surface area contributed by atoms with E-state index < -0.39 is 16.1 Å². The fourth-order valence-corrected chi connectivity index (χ4v) is 4.30. The van der Waals surface area contributed by atoms with Crippen molar-refractivity contribution in [2.45, 2.75) is 20.1 Å². The number of non-ortho nitro benzene ring substituents is 1. The predicted octanol–water partition coefficient (Wildman–Crippen LogP) is 5.95. The number of halogens is 1. The minimum atomic E-state index is -0.514. The summed E-state index contributed by atoms with van der Waals surface area (Å²) in [5.41, 5.74) is 1.56. The summed E-state index contributed by atoms with van der Waals surface area (Å²) >= 11 is 0.813. The van der Waals surface area contributed by atoms with Crippen molar-refractivity contribution in [3.05, 3.63) is 104 Å². The summed E-state index contributed by atoms with van der Waals surface area (Å²) in [6, 6.07) is 17.1. The van der Waals surface area contributed by atoms with E-state index in [0.717, 1.165) is 16.7 Å². The molecule has 184 valence electrons. The minimum absolute atomic E-state index is 0.00696. The van der Waals surface area contributed by atoms with Gasteiger partial charge in [0.05, 0.1) is 23.0 Å². The van der Waals surface area contributed by atoms with Gasteiger partial charge >= 0.3 is 0 Å². The van der Waals surface area contributed by atoms with Crippen molar-refractivity contribution in [2.24, 2.45) is 0 Å². The monoisotopic (exact) mass is 508 g/mol. The lowest BCUT2D eigenvalue weighted by molar-refractivity contribution is -0.384. The summed E-state index contributed by atoms with van der Waals surface area (Å²) in [6.45, 7) is 2.21. The first kappa shape index (κ1) is 24.9. The predicted molar refractivity (Wildman–Crippen MR) is 133 cm³/mol. The SMILES string of the molecule is CCOc1cc(C=C2SC(=O)N(Cc3ccc([N+](=O)[O-])cc3)C2=O)ccc1OCc1ccccc1F. The number of nitro benzene ring substituents is 1. The molecule has 4 rings (SSSR count). The number of nitrogens with zero attached hydrogens (tertiary/aromatic N) is 2. The van der Waals surface area contributed by atoms with Gasteiger partial charge in [0.15, 0.2) is 11.5 Å². The molecular formula is C26H21FN2O6S. The number of thioether (sulfide) groups is 1. The fraction of sp³-hybridized carbons (Fsp3) is 0.154. The smallest absolute Gasteiger partial charge is 0.293 e. The van der Waals surface area contributed by atoms with Crippen LogP contribution >= 0.6 is 11.8 Å². The van der Waals surface area contributed by atoms with Crippen molar-refractivity contribution in [1.82, 2.24) is 4.90 Å². The average molecular weight is 509 g/mol. The Kier molecular flexibility index (Phi) is 7.65. The molecule has 36 heavy (non-hydrogen) atoms. The molecule has 0 aliphatic carbocycles. The third-order valence-corrected chi connectivity index (χ3v) is 6.18. The molecule has 1 saturated heterocycles. The van der Waals surface area contributed by atoms with E-state index >= 15 is 0 Å². The summed E-state index contributed by atoms with van der Waals surface area (Å²) in [5, 5.41) is 10.4. The molecule has 1 aliphatic heterocycles. The Labute approximate surface area is 210 Å². The van der Waals surface area contributed by atoms with E-state index in [-0.39, 0.29) is 29.6 Å². The molecule has 8 nitrogen and oxygen atoms in total. The van der Waals surface area contributed by atoms with Gasteiger partial charge in [0, 0.05) is 17.7 Å². The van der Waals surface area contributed by atoms with E-state index in [2.05, 4.69) is 0 Å². The van der Waals surface area contributed by atoms with Gasteiger partial charge in [-0.25, -0.2) is 4.39 Å². The topological polar surface area (TPSA) is 99.0 Å². The van der Waals surface area contributed by atoms with Crippen LogP contribution in [0.2, 0.25) is 0 Å². The molecule has 0 spiro atoms. The molecule has 3 aromatic carbocycles. The minimum Gasteiger partial charge on any atom is -0.490 e. The maximum Gasteiger partial charge on any atom is 0.293 e. The Hall–Kier alpha value is -4.18. The van der Waals surface area contributed by atoms with Gasteiger partial charge in [-0.3, -0.25) is 24.6 Å². The first-order chi connectivity index (χ1) is 17.4. The molecule has 0 radical (unpaired) electrons. The molecule has 1 aliphatic rings. The standard InChI is InChI=1S/C26H21FN2O6S/c1-2-34-23-13-18(9-12-22(23)35-16-19-5-3-4-6-21(19)27)14-24-25(30)28(26(31)36-24)15-17-7-10-20(11-8-17)29(32)33/h3-14H,2,15-16H2,1H3. The van der Waals surface area contributed by atoms with E-state index in [1.54, 1.807) is 42.5 Å². The quantitative estimate of drug-likeness (QED) is 0.200. The average Bonchev–Trinajstić information content (AvgIpc) is 3.12. The molecule has 0 saturated carbocycles. The fourth-order valence-electron chi connectivity index (χ4n) is 3.47. The zero-order valence-electron chi connectivity index (χ0n) is 19.2. The summed E-state index contributed by atoms with van der Waals surface area (Å²) in [7, 11) is 0. The first-order valence-corrected chi connectivity index (χ1v) is 11.8. The number of hydrogen-bond donors (Lipinski definition) is 0. The molecule has 3 aromatic rings. The summed E-state index contributed by atoms with van der Waals surface area (Å²) in [5.74, 6) is 0.0222. The molecule has 0 N–H and O–H groups in total. The van der Waals surface area contributed by atoms with E-state index in [1.807, 2.05) is 6.92 Å². The van der Waals surface area contributed by atoms with Gasteiger partial charge < -0.3 is 9.47 Å². The largest absolute Gasteiger partial charge is 0.490 e. The summed E-state index contributed by atoms with van der Waals surface area (Å²) in [4.78, 5) is 37.0. The van der Waals surface area contributed by atoms with Crippen molar-refractivity contribution < 1.29 is 28.4 Å². The van der Waals surface area contributed by atoms with Crippen LogP contribution in [-0.2, 0) is 17.9 Å². The van der Waals surface area contributed by atoms with Gasteiger partial charge in [0.25, 0.3) is 16.8 Å². The lowest BCUT2D eigenvalue weighted by atomic mass is 10.1. The van der Waals surface area contributed by atoms with Crippen LogP contribution in [-0.4, -0.2) is 27.6 Å². The summed E-state index contributed by atoms with van der Waals surface area (Å²) in [6.07, 6.45) is 1.59. The summed E-state index contributed by atoms with van der Waals surface area (Å²) < 4.78 is 25.3. The van der Waals surface area contributed by atoms with Crippen LogP contribution in [0, 0.1) is 15.9 Å². The highest BCUT2D eigenvalue weighted by atomic mass is 32.2. The second kappa shape index (κ2) is 11.0. The van der Waals surface area contributed by atoms with Crippen molar-refractivity contribution in [3.8, 4) is 11.5 Å². The van der Waals surface area contributed by atoms with Crippen LogP contribution in [0.4, 0.5) is 14.9 Å².